The molecule has 0 bridgehead atoms. The van der Waals surface area contributed by atoms with Crippen LogP contribution in [-0.4, -0.2) is 39.8 Å². The molecule has 5 heteroatoms. The molecule has 4 nitrogen and oxygen atoms in total. The van der Waals surface area contributed by atoms with Gasteiger partial charge < -0.3 is 10.2 Å². The lowest BCUT2D eigenvalue weighted by Gasteiger charge is -2.29. The van der Waals surface area contributed by atoms with Crippen molar-refractivity contribution in [2.75, 3.05) is 31.1 Å². The highest BCUT2D eigenvalue weighted by atomic mass is 32.2. The first-order chi connectivity index (χ1) is 8.51. The van der Waals surface area contributed by atoms with Crippen LogP contribution in [0.15, 0.2) is 29.2 Å². The van der Waals surface area contributed by atoms with E-state index in [2.05, 4.69) is 10.2 Å². The van der Waals surface area contributed by atoms with Crippen molar-refractivity contribution < 1.29 is 8.42 Å². The molecular formula is C13H20N2O2S. The molecular weight excluding hydrogens is 248 g/mol. The summed E-state index contributed by atoms with van der Waals surface area (Å²) in [6.45, 7) is 7.31. The van der Waals surface area contributed by atoms with E-state index >= 15 is 0 Å². The molecule has 1 fully saturated rings. The zero-order valence-electron chi connectivity index (χ0n) is 10.9. The minimum absolute atomic E-state index is 0.373. The number of sulfone groups is 1. The van der Waals surface area contributed by atoms with Gasteiger partial charge in [-0.05, 0) is 38.1 Å². The highest BCUT2D eigenvalue weighted by Crippen LogP contribution is 2.21. The van der Waals surface area contributed by atoms with Crippen LogP contribution in [0, 0.1) is 0 Å². The molecule has 0 spiro atoms. The summed E-state index contributed by atoms with van der Waals surface area (Å²) < 4.78 is 24.0. The normalized spacial score (nSPS) is 17.2. The summed E-state index contributed by atoms with van der Waals surface area (Å²) in [6, 6.07) is 7.24. The molecule has 1 heterocycles. The molecule has 0 radical (unpaired) electrons. The highest BCUT2D eigenvalue weighted by Gasteiger charge is 2.19. The summed E-state index contributed by atoms with van der Waals surface area (Å²) >= 11 is 0. The molecule has 0 saturated carbocycles. The maximum absolute atomic E-state index is 12.0. The van der Waals surface area contributed by atoms with Gasteiger partial charge in [-0.2, -0.15) is 0 Å². The Balaban J connectivity index is 2.20. The lowest BCUT2D eigenvalue weighted by Crippen LogP contribution is -2.43. The van der Waals surface area contributed by atoms with E-state index in [-0.39, 0.29) is 5.25 Å². The third kappa shape index (κ3) is 2.67. The number of hydrogen-bond donors (Lipinski definition) is 1. The van der Waals surface area contributed by atoms with Crippen LogP contribution in [-0.2, 0) is 9.84 Å². The van der Waals surface area contributed by atoms with Crippen LogP contribution in [0.2, 0.25) is 0 Å². The van der Waals surface area contributed by atoms with E-state index in [4.69, 9.17) is 0 Å². The molecule has 1 aromatic rings. The number of hydrogen-bond acceptors (Lipinski definition) is 4. The largest absolute Gasteiger partial charge is 0.369 e. The van der Waals surface area contributed by atoms with Gasteiger partial charge in [-0.25, -0.2) is 8.42 Å². The predicted octanol–water partition coefficient (Wildman–Crippen LogP) is 1.28. The third-order valence-corrected chi connectivity index (χ3v) is 5.44. The fourth-order valence-corrected chi connectivity index (χ4v) is 3.10. The van der Waals surface area contributed by atoms with Crippen molar-refractivity contribution in [3.05, 3.63) is 24.3 Å². The molecule has 100 valence electrons. The second-order valence-electron chi connectivity index (χ2n) is 4.82. The Morgan fingerprint density at radius 3 is 2.17 bits per heavy atom. The maximum atomic E-state index is 12.0. The molecule has 18 heavy (non-hydrogen) atoms. The molecule has 0 atom stereocenters. The molecule has 0 aromatic heterocycles. The Labute approximate surface area is 109 Å². The van der Waals surface area contributed by atoms with Crippen molar-refractivity contribution in [2.45, 2.75) is 24.0 Å². The number of nitrogens with zero attached hydrogens (tertiary/aromatic N) is 1. The molecule has 1 aromatic carbocycles. The van der Waals surface area contributed by atoms with E-state index in [0.717, 1.165) is 31.9 Å². The predicted molar refractivity (Wildman–Crippen MR) is 73.8 cm³/mol. The second kappa shape index (κ2) is 5.28. The quantitative estimate of drug-likeness (QED) is 0.897. The van der Waals surface area contributed by atoms with Gasteiger partial charge in [-0.1, -0.05) is 0 Å². The zero-order chi connectivity index (χ0) is 13.2. The molecule has 0 amide bonds. The smallest absolute Gasteiger partial charge is 0.180 e. The van der Waals surface area contributed by atoms with E-state index in [9.17, 15) is 8.42 Å². The van der Waals surface area contributed by atoms with Crippen LogP contribution < -0.4 is 10.2 Å². The van der Waals surface area contributed by atoms with E-state index in [1.165, 1.54) is 0 Å². The van der Waals surface area contributed by atoms with Gasteiger partial charge in [0, 0.05) is 31.9 Å². The van der Waals surface area contributed by atoms with Gasteiger partial charge in [0.25, 0.3) is 0 Å². The van der Waals surface area contributed by atoms with Crippen molar-refractivity contribution in [3.8, 4) is 0 Å². The fourth-order valence-electron chi connectivity index (χ4n) is 2.04. The van der Waals surface area contributed by atoms with Crippen molar-refractivity contribution in [1.82, 2.24) is 5.32 Å². The monoisotopic (exact) mass is 268 g/mol. The van der Waals surface area contributed by atoms with Crippen LogP contribution in [0.5, 0.6) is 0 Å². The topological polar surface area (TPSA) is 49.4 Å². The molecule has 1 N–H and O–H groups in total. The second-order valence-corrected chi connectivity index (χ2v) is 7.33. The van der Waals surface area contributed by atoms with Crippen LogP contribution in [0.1, 0.15) is 13.8 Å². The molecule has 1 aliphatic rings. The minimum Gasteiger partial charge on any atom is -0.369 e. The lowest BCUT2D eigenvalue weighted by atomic mass is 10.2. The average molecular weight is 268 g/mol. The minimum atomic E-state index is -3.16. The number of anilines is 1. The van der Waals surface area contributed by atoms with E-state index < -0.39 is 9.84 Å². The van der Waals surface area contributed by atoms with Gasteiger partial charge in [0.15, 0.2) is 9.84 Å². The summed E-state index contributed by atoms with van der Waals surface area (Å²) in [5, 5.41) is 2.92. The Morgan fingerprint density at radius 1 is 1.11 bits per heavy atom. The Morgan fingerprint density at radius 2 is 1.67 bits per heavy atom. The first-order valence-electron chi connectivity index (χ1n) is 6.31. The maximum Gasteiger partial charge on any atom is 0.180 e. The van der Waals surface area contributed by atoms with E-state index in [1.807, 2.05) is 12.1 Å². The highest BCUT2D eigenvalue weighted by molar-refractivity contribution is 7.92. The van der Waals surface area contributed by atoms with Crippen molar-refractivity contribution in [1.29, 1.82) is 0 Å². The first-order valence-corrected chi connectivity index (χ1v) is 7.86. The van der Waals surface area contributed by atoms with Crippen LogP contribution >= 0.6 is 0 Å². The fraction of sp³-hybridized carbons (Fsp3) is 0.538. The lowest BCUT2D eigenvalue weighted by molar-refractivity contribution is 0.585. The van der Waals surface area contributed by atoms with E-state index in [1.54, 1.807) is 26.0 Å². The molecule has 2 rings (SSSR count). The summed E-state index contributed by atoms with van der Waals surface area (Å²) in [5.74, 6) is 0. The Bertz CT molecular complexity index is 488. The SMILES string of the molecule is CC(C)S(=O)(=O)c1ccc(N2CCNCC2)cc1. The van der Waals surface area contributed by atoms with Crippen molar-refractivity contribution in [2.24, 2.45) is 0 Å². The van der Waals surface area contributed by atoms with Gasteiger partial charge in [0.05, 0.1) is 10.1 Å². The third-order valence-electron chi connectivity index (χ3n) is 3.27. The first kappa shape index (κ1) is 13.4. The molecule has 0 aliphatic carbocycles. The summed E-state index contributed by atoms with van der Waals surface area (Å²) in [7, 11) is -3.16. The van der Waals surface area contributed by atoms with Gasteiger partial charge in [-0.15, -0.1) is 0 Å². The van der Waals surface area contributed by atoms with Gasteiger partial charge >= 0.3 is 0 Å². The average Bonchev–Trinajstić information content (AvgIpc) is 2.40. The summed E-state index contributed by atoms with van der Waals surface area (Å²) in [5.41, 5.74) is 1.10. The van der Waals surface area contributed by atoms with Gasteiger partial charge in [0.2, 0.25) is 0 Å². The van der Waals surface area contributed by atoms with E-state index in [0.29, 0.717) is 4.90 Å². The summed E-state index contributed by atoms with van der Waals surface area (Å²) in [6.07, 6.45) is 0. The van der Waals surface area contributed by atoms with Crippen LogP contribution in [0.4, 0.5) is 5.69 Å². The molecule has 1 aliphatic heterocycles. The Kier molecular flexibility index (Phi) is 3.92. The standard InChI is InChI=1S/C13H20N2O2S/c1-11(2)18(16,17)13-5-3-12(4-6-13)15-9-7-14-8-10-15/h3-6,11,14H,7-10H2,1-2H3. The van der Waals surface area contributed by atoms with Crippen molar-refractivity contribution >= 4 is 15.5 Å². The number of piperazine rings is 1. The number of benzene rings is 1. The van der Waals surface area contributed by atoms with Gasteiger partial charge in [-0.3, -0.25) is 0 Å². The van der Waals surface area contributed by atoms with Crippen LogP contribution in [0.25, 0.3) is 0 Å². The zero-order valence-corrected chi connectivity index (χ0v) is 11.7. The number of rotatable bonds is 3. The van der Waals surface area contributed by atoms with Gasteiger partial charge in [0.1, 0.15) is 0 Å². The van der Waals surface area contributed by atoms with Crippen molar-refractivity contribution in [3.63, 3.8) is 0 Å². The summed E-state index contributed by atoms with van der Waals surface area (Å²) in [4.78, 5) is 2.68. The molecule has 0 unspecified atom stereocenters. The Hall–Kier alpha value is -1.07. The molecule has 1 saturated heterocycles. The number of nitrogens with one attached hydrogen (secondary N) is 1. The van der Waals surface area contributed by atoms with Crippen LogP contribution in [0.3, 0.4) is 0 Å².